The molecule has 0 aromatic carbocycles. The van der Waals surface area contributed by atoms with Gasteiger partial charge in [-0.15, -0.1) is 0 Å². The van der Waals surface area contributed by atoms with Crippen LogP contribution in [0.3, 0.4) is 0 Å². The van der Waals surface area contributed by atoms with Gasteiger partial charge in [0.25, 0.3) is 5.56 Å². The Morgan fingerprint density at radius 1 is 1.11 bits per heavy atom. The molecule has 5 rings (SSSR count). The highest BCUT2D eigenvalue weighted by Crippen LogP contribution is 2.66. The monoisotopic (exact) mass is 361 g/mol. The lowest BCUT2D eigenvalue weighted by molar-refractivity contribution is 0.229. The van der Waals surface area contributed by atoms with E-state index < -0.39 is 0 Å². The summed E-state index contributed by atoms with van der Waals surface area (Å²) < 4.78 is 2.17. The summed E-state index contributed by atoms with van der Waals surface area (Å²) in [5.74, 6) is 0.403. The van der Waals surface area contributed by atoms with Crippen molar-refractivity contribution in [3.63, 3.8) is 0 Å². The van der Waals surface area contributed by atoms with Gasteiger partial charge in [-0.25, -0.2) is 0 Å². The Morgan fingerprint density at radius 2 is 1.85 bits per heavy atom. The van der Waals surface area contributed by atoms with Crippen LogP contribution in [0, 0.1) is 5.41 Å². The van der Waals surface area contributed by atoms with Crippen LogP contribution in [0.25, 0.3) is 16.6 Å². The second-order valence-electron chi connectivity index (χ2n) is 10.2. The molecule has 4 heteroatoms. The van der Waals surface area contributed by atoms with Crippen molar-refractivity contribution in [1.29, 1.82) is 0 Å². The van der Waals surface area contributed by atoms with Gasteiger partial charge >= 0.3 is 0 Å². The van der Waals surface area contributed by atoms with E-state index in [2.05, 4.69) is 75.3 Å². The van der Waals surface area contributed by atoms with E-state index in [1.165, 1.54) is 5.69 Å². The quantitative estimate of drug-likeness (QED) is 0.545. The number of hydrogen-bond donors (Lipinski definition) is 0. The van der Waals surface area contributed by atoms with Crippen LogP contribution in [0.15, 0.2) is 29.2 Å². The standard InChI is InChI=1S/C23H27N3O/c1-21(2,3)16-8-7-13-15(24-16)10-12-26-18-14-9-11-23(6,22(14,4)5)17(18)20(27)25-19(13)26/h7-8,10,12,14H,9,11H2,1-6H3. The second kappa shape index (κ2) is 4.78. The van der Waals surface area contributed by atoms with Crippen molar-refractivity contribution in [2.45, 2.75) is 71.1 Å². The molecule has 0 amide bonds. The Labute approximate surface area is 159 Å². The highest BCUT2D eigenvalue weighted by atomic mass is 16.1. The fraction of sp³-hybridized carbons (Fsp3) is 0.522. The van der Waals surface area contributed by atoms with Crippen molar-refractivity contribution in [3.8, 4) is 0 Å². The van der Waals surface area contributed by atoms with Crippen molar-refractivity contribution in [2.24, 2.45) is 5.41 Å². The van der Waals surface area contributed by atoms with Crippen LogP contribution in [-0.2, 0) is 10.8 Å². The predicted octanol–water partition coefficient (Wildman–Crippen LogP) is 4.72. The molecule has 1 fully saturated rings. The van der Waals surface area contributed by atoms with Gasteiger partial charge in [0.05, 0.1) is 5.52 Å². The Bertz CT molecular complexity index is 1180. The summed E-state index contributed by atoms with van der Waals surface area (Å²) >= 11 is 0. The van der Waals surface area contributed by atoms with Gasteiger partial charge in [-0.05, 0) is 36.5 Å². The summed E-state index contributed by atoms with van der Waals surface area (Å²) in [6.07, 6.45) is 4.29. The molecule has 2 aliphatic rings. The van der Waals surface area contributed by atoms with E-state index >= 15 is 0 Å². The highest BCUT2D eigenvalue weighted by Gasteiger charge is 2.61. The first-order valence-corrected chi connectivity index (χ1v) is 9.93. The van der Waals surface area contributed by atoms with Crippen molar-refractivity contribution in [3.05, 3.63) is 51.7 Å². The van der Waals surface area contributed by atoms with Crippen molar-refractivity contribution < 1.29 is 0 Å². The lowest BCUT2D eigenvalue weighted by Crippen LogP contribution is -2.36. The third-order valence-corrected chi connectivity index (χ3v) is 7.59. The first-order valence-electron chi connectivity index (χ1n) is 9.93. The lowest BCUT2D eigenvalue weighted by atomic mass is 9.69. The molecule has 1 saturated carbocycles. The molecule has 2 bridgehead atoms. The molecule has 2 aliphatic carbocycles. The summed E-state index contributed by atoms with van der Waals surface area (Å²) in [7, 11) is 0. The zero-order valence-electron chi connectivity index (χ0n) is 17.1. The average molecular weight is 361 g/mol. The second-order valence-corrected chi connectivity index (χ2v) is 10.2. The normalized spacial score (nSPS) is 26.1. The van der Waals surface area contributed by atoms with Crippen molar-refractivity contribution in [2.75, 3.05) is 0 Å². The van der Waals surface area contributed by atoms with Gasteiger partial charge in [-0.2, -0.15) is 4.98 Å². The minimum absolute atomic E-state index is 0.0108. The molecule has 0 radical (unpaired) electrons. The van der Waals surface area contributed by atoms with Crippen LogP contribution in [0.5, 0.6) is 0 Å². The summed E-state index contributed by atoms with van der Waals surface area (Å²) in [6.45, 7) is 13.4. The van der Waals surface area contributed by atoms with Crippen LogP contribution in [0.4, 0.5) is 0 Å². The molecular formula is C23H27N3O. The number of hydrogen-bond acceptors (Lipinski definition) is 3. The molecule has 4 nitrogen and oxygen atoms in total. The van der Waals surface area contributed by atoms with Crippen molar-refractivity contribution in [1.82, 2.24) is 14.4 Å². The molecule has 0 saturated heterocycles. The Balaban J connectivity index is 1.87. The molecule has 2 atom stereocenters. The maximum absolute atomic E-state index is 13.1. The molecule has 140 valence electrons. The summed E-state index contributed by atoms with van der Waals surface area (Å²) in [5, 5.41) is 0.955. The van der Waals surface area contributed by atoms with Gasteiger partial charge in [-0.1, -0.05) is 41.5 Å². The van der Waals surface area contributed by atoms with Crippen molar-refractivity contribution >= 4 is 16.6 Å². The number of nitrogens with zero attached hydrogens (tertiary/aromatic N) is 3. The molecule has 3 aromatic heterocycles. The molecule has 27 heavy (non-hydrogen) atoms. The largest absolute Gasteiger partial charge is 0.304 e. The number of pyridine rings is 2. The number of fused-ring (bicyclic) bond motifs is 9. The van der Waals surface area contributed by atoms with Crippen LogP contribution in [0.1, 0.15) is 77.3 Å². The van der Waals surface area contributed by atoms with Crippen LogP contribution in [0.2, 0.25) is 0 Å². The van der Waals surface area contributed by atoms with Gasteiger partial charge in [0.1, 0.15) is 0 Å². The van der Waals surface area contributed by atoms with Crippen LogP contribution in [-0.4, -0.2) is 14.4 Å². The topological polar surface area (TPSA) is 47.3 Å². The Hall–Kier alpha value is -2.23. The van der Waals surface area contributed by atoms with Gasteiger partial charge in [0.2, 0.25) is 0 Å². The van der Waals surface area contributed by atoms with E-state index in [4.69, 9.17) is 4.98 Å². The Kier molecular flexibility index (Phi) is 2.99. The molecule has 3 aromatic rings. The van der Waals surface area contributed by atoms with Gasteiger partial charge < -0.3 is 4.40 Å². The molecule has 2 unspecified atom stereocenters. The molecule has 0 spiro atoms. The van der Waals surface area contributed by atoms with E-state index in [1.807, 2.05) is 0 Å². The molecular weight excluding hydrogens is 334 g/mol. The zero-order valence-corrected chi connectivity index (χ0v) is 17.1. The average Bonchev–Trinajstić information content (AvgIpc) is 2.92. The van der Waals surface area contributed by atoms with Crippen LogP contribution < -0.4 is 5.56 Å². The fourth-order valence-corrected chi connectivity index (χ4v) is 5.53. The predicted molar refractivity (Wildman–Crippen MR) is 109 cm³/mol. The minimum Gasteiger partial charge on any atom is -0.304 e. The van der Waals surface area contributed by atoms with Gasteiger partial charge in [0, 0.05) is 45.3 Å². The fourth-order valence-electron chi connectivity index (χ4n) is 5.53. The first kappa shape index (κ1) is 16.9. The van der Waals surface area contributed by atoms with E-state index in [1.54, 1.807) is 0 Å². The third kappa shape index (κ3) is 1.91. The lowest BCUT2D eigenvalue weighted by Gasteiger charge is -2.34. The van der Waals surface area contributed by atoms with E-state index in [0.717, 1.165) is 40.6 Å². The van der Waals surface area contributed by atoms with E-state index in [0.29, 0.717) is 5.92 Å². The molecule has 0 N–H and O–H groups in total. The smallest absolute Gasteiger partial charge is 0.277 e. The zero-order chi connectivity index (χ0) is 19.4. The number of aromatic nitrogens is 3. The summed E-state index contributed by atoms with van der Waals surface area (Å²) in [4.78, 5) is 22.6. The highest BCUT2D eigenvalue weighted by molar-refractivity contribution is 5.91. The Morgan fingerprint density at radius 3 is 2.56 bits per heavy atom. The van der Waals surface area contributed by atoms with E-state index in [-0.39, 0.29) is 21.8 Å². The van der Waals surface area contributed by atoms with E-state index in [9.17, 15) is 4.79 Å². The third-order valence-electron chi connectivity index (χ3n) is 7.59. The maximum Gasteiger partial charge on any atom is 0.277 e. The van der Waals surface area contributed by atoms with Gasteiger partial charge in [0.15, 0.2) is 5.65 Å². The SMILES string of the molecule is CC(C)(C)c1ccc2c(ccn3c4c(c(=O)nc23)C2(C)CCC4C2(C)C)n1. The van der Waals surface area contributed by atoms with Gasteiger partial charge in [-0.3, -0.25) is 9.78 Å². The summed E-state index contributed by atoms with van der Waals surface area (Å²) in [5.41, 5.74) is 4.78. The molecule has 0 aliphatic heterocycles. The number of rotatable bonds is 0. The maximum atomic E-state index is 13.1. The first-order chi connectivity index (χ1) is 12.6. The minimum atomic E-state index is -0.0818. The summed E-state index contributed by atoms with van der Waals surface area (Å²) in [6, 6.07) is 6.22. The molecule has 3 heterocycles. The van der Waals surface area contributed by atoms with Crippen LogP contribution >= 0.6 is 0 Å².